The minimum atomic E-state index is 0.341. The Hall–Kier alpha value is -1.43. The molecule has 3 heteroatoms. The molecule has 1 heterocycles. The van der Waals surface area contributed by atoms with Gasteiger partial charge in [0, 0.05) is 0 Å². The van der Waals surface area contributed by atoms with E-state index in [9.17, 15) is 0 Å². The zero-order valence-corrected chi connectivity index (χ0v) is 5.70. The van der Waals surface area contributed by atoms with E-state index in [1.165, 1.54) is 0 Å². The molecule has 3 nitrogen and oxygen atoms in total. The first-order valence-corrected chi connectivity index (χ1v) is 2.99. The topological polar surface area (TPSA) is 49.6 Å². The van der Waals surface area contributed by atoms with Crippen molar-refractivity contribution in [1.82, 2.24) is 10.2 Å². The Morgan fingerprint density at radius 3 is 2.80 bits per heavy atom. The third kappa shape index (κ3) is 1.52. The van der Waals surface area contributed by atoms with Gasteiger partial charge in [0.05, 0.1) is 23.9 Å². The molecule has 1 aromatic rings. The van der Waals surface area contributed by atoms with Crippen LogP contribution in [0.3, 0.4) is 0 Å². The monoisotopic (exact) mass is 133 g/mol. The SMILES string of the molecule is Cc1ccc(CC#N)nn1. The number of aryl methyl sites for hydroxylation is 1. The van der Waals surface area contributed by atoms with E-state index in [0.717, 1.165) is 11.4 Å². The normalized spacial score (nSPS) is 8.80. The maximum absolute atomic E-state index is 8.27. The van der Waals surface area contributed by atoms with Crippen LogP contribution in [0.5, 0.6) is 0 Å². The molecule has 0 aliphatic heterocycles. The summed E-state index contributed by atoms with van der Waals surface area (Å²) < 4.78 is 0. The number of nitriles is 1. The van der Waals surface area contributed by atoms with Crippen LogP contribution < -0.4 is 0 Å². The second kappa shape index (κ2) is 2.92. The first-order valence-electron chi connectivity index (χ1n) is 2.99. The second-order valence-corrected chi connectivity index (χ2v) is 2.00. The summed E-state index contributed by atoms with van der Waals surface area (Å²) in [6.07, 6.45) is 0.341. The van der Waals surface area contributed by atoms with Crippen molar-refractivity contribution in [3.8, 4) is 6.07 Å². The number of nitrogens with zero attached hydrogens (tertiary/aromatic N) is 3. The first-order chi connectivity index (χ1) is 4.83. The van der Waals surface area contributed by atoms with E-state index in [4.69, 9.17) is 5.26 Å². The van der Waals surface area contributed by atoms with Gasteiger partial charge in [-0.1, -0.05) is 0 Å². The summed E-state index contributed by atoms with van der Waals surface area (Å²) in [6.45, 7) is 1.86. The van der Waals surface area contributed by atoms with Gasteiger partial charge in [0.1, 0.15) is 0 Å². The Kier molecular flexibility index (Phi) is 1.96. The molecule has 0 saturated heterocycles. The summed E-state index contributed by atoms with van der Waals surface area (Å²) in [6, 6.07) is 5.66. The summed E-state index contributed by atoms with van der Waals surface area (Å²) >= 11 is 0. The molecule has 0 atom stereocenters. The fraction of sp³-hybridized carbons (Fsp3) is 0.286. The van der Waals surface area contributed by atoms with Gasteiger partial charge in [-0.05, 0) is 19.1 Å². The van der Waals surface area contributed by atoms with Crippen LogP contribution in [-0.2, 0) is 6.42 Å². The summed E-state index contributed by atoms with van der Waals surface area (Å²) in [5.74, 6) is 0. The van der Waals surface area contributed by atoms with Crippen LogP contribution >= 0.6 is 0 Å². The summed E-state index contributed by atoms with van der Waals surface area (Å²) in [7, 11) is 0. The van der Waals surface area contributed by atoms with Crippen molar-refractivity contribution in [1.29, 1.82) is 5.26 Å². The Labute approximate surface area is 59.3 Å². The molecule has 0 bridgehead atoms. The number of rotatable bonds is 1. The third-order valence-electron chi connectivity index (χ3n) is 1.11. The Morgan fingerprint density at radius 1 is 1.50 bits per heavy atom. The van der Waals surface area contributed by atoms with Crippen molar-refractivity contribution >= 4 is 0 Å². The number of aromatic nitrogens is 2. The van der Waals surface area contributed by atoms with Crippen molar-refractivity contribution < 1.29 is 0 Å². The van der Waals surface area contributed by atoms with Crippen LogP contribution in [0.25, 0.3) is 0 Å². The highest BCUT2D eigenvalue weighted by molar-refractivity contribution is 5.08. The summed E-state index contributed by atoms with van der Waals surface area (Å²) in [4.78, 5) is 0. The summed E-state index contributed by atoms with van der Waals surface area (Å²) in [5, 5.41) is 15.9. The molecule has 0 radical (unpaired) electrons. The maximum Gasteiger partial charge on any atom is 0.0793 e. The molecule has 50 valence electrons. The van der Waals surface area contributed by atoms with Gasteiger partial charge in [0.15, 0.2) is 0 Å². The quantitative estimate of drug-likeness (QED) is 0.570. The smallest absolute Gasteiger partial charge is 0.0793 e. The van der Waals surface area contributed by atoms with Gasteiger partial charge in [-0.15, -0.1) is 0 Å². The van der Waals surface area contributed by atoms with Crippen LogP contribution in [0.15, 0.2) is 12.1 Å². The standard InChI is InChI=1S/C7H7N3/c1-6-2-3-7(4-5-8)10-9-6/h2-3H,4H2,1H3. The van der Waals surface area contributed by atoms with E-state index in [1.54, 1.807) is 0 Å². The zero-order valence-electron chi connectivity index (χ0n) is 5.70. The van der Waals surface area contributed by atoms with Gasteiger partial charge in [-0.3, -0.25) is 0 Å². The highest BCUT2D eigenvalue weighted by Crippen LogP contribution is 1.94. The van der Waals surface area contributed by atoms with E-state index < -0.39 is 0 Å². The van der Waals surface area contributed by atoms with Gasteiger partial charge < -0.3 is 0 Å². The molecular formula is C7H7N3. The summed E-state index contributed by atoms with van der Waals surface area (Å²) in [5.41, 5.74) is 1.61. The molecule has 0 N–H and O–H groups in total. The predicted octanol–water partition coefficient (Wildman–Crippen LogP) is 0.851. The Morgan fingerprint density at radius 2 is 2.30 bits per heavy atom. The van der Waals surface area contributed by atoms with Crippen molar-refractivity contribution in [2.75, 3.05) is 0 Å². The van der Waals surface area contributed by atoms with Crippen LogP contribution in [-0.4, -0.2) is 10.2 Å². The molecule has 1 rings (SSSR count). The number of hydrogen-bond acceptors (Lipinski definition) is 3. The van der Waals surface area contributed by atoms with Crippen molar-refractivity contribution in [3.05, 3.63) is 23.5 Å². The molecule has 0 spiro atoms. The van der Waals surface area contributed by atoms with E-state index >= 15 is 0 Å². The van der Waals surface area contributed by atoms with E-state index in [2.05, 4.69) is 10.2 Å². The highest BCUT2D eigenvalue weighted by atomic mass is 15.1. The molecule has 0 amide bonds. The predicted molar refractivity (Wildman–Crippen MR) is 36.1 cm³/mol. The lowest BCUT2D eigenvalue weighted by molar-refractivity contribution is 0.918. The molecule has 0 aliphatic carbocycles. The van der Waals surface area contributed by atoms with Crippen LogP contribution in [0.1, 0.15) is 11.4 Å². The minimum absolute atomic E-state index is 0.341. The lowest BCUT2D eigenvalue weighted by Gasteiger charge is -1.90. The van der Waals surface area contributed by atoms with Gasteiger partial charge in [0.25, 0.3) is 0 Å². The van der Waals surface area contributed by atoms with Crippen molar-refractivity contribution in [2.24, 2.45) is 0 Å². The zero-order chi connectivity index (χ0) is 7.40. The average molecular weight is 133 g/mol. The molecule has 1 aromatic heterocycles. The molecular weight excluding hydrogens is 126 g/mol. The Balaban J connectivity index is 2.81. The van der Waals surface area contributed by atoms with E-state index in [0.29, 0.717) is 6.42 Å². The van der Waals surface area contributed by atoms with Gasteiger partial charge >= 0.3 is 0 Å². The average Bonchev–Trinajstić information content (AvgIpc) is 1.95. The van der Waals surface area contributed by atoms with Crippen molar-refractivity contribution in [3.63, 3.8) is 0 Å². The van der Waals surface area contributed by atoms with E-state index in [-0.39, 0.29) is 0 Å². The lowest BCUT2D eigenvalue weighted by atomic mass is 10.3. The van der Waals surface area contributed by atoms with Gasteiger partial charge in [-0.2, -0.15) is 15.5 Å². The molecule has 0 saturated carbocycles. The van der Waals surface area contributed by atoms with Crippen LogP contribution in [0.4, 0.5) is 0 Å². The fourth-order valence-corrected chi connectivity index (χ4v) is 0.602. The molecule has 0 aromatic carbocycles. The molecule has 0 aliphatic rings. The van der Waals surface area contributed by atoms with Crippen LogP contribution in [0.2, 0.25) is 0 Å². The fourth-order valence-electron chi connectivity index (χ4n) is 0.602. The first kappa shape index (κ1) is 6.69. The lowest BCUT2D eigenvalue weighted by Crippen LogP contribution is -1.91. The highest BCUT2D eigenvalue weighted by Gasteiger charge is 1.91. The van der Waals surface area contributed by atoms with E-state index in [1.807, 2.05) is 25.1 Å². The van der Waals surface area contributed by atoms with Gasteiger partial charge in [-0.25, -0.2) is 0 Å². The molecule has 0 unspecified atom stereocenters. The maximum atomic E-state index is 8.27. The Bertz CT molecular complexity index is 245. The molecule has 0 fully saturated rings. The van der Waals surface area contributed by atoms with Crippen molar-refractivity contribution in [2.45, 2.75) is 13.3 Å². The van der Waals surface area contributed by atoms with Crippen LogP contribution in [0, 0.1) is 18.3 Å². The molecule has 10 heavy (non-hydrogen) atoms. The second-order valence-electron chi connectivity index (χ2n) is 2.00. The third-order valence-corrected chi connectivity index (χ3v) is 1.11. The largest absolute Gasteiger partial charge is 0.198 e. The minimum Gasteiger partial charge on any atom is -0.198 e. The number of hydrogen-bond donors (Lipinski definition) is 0. The van der Waals surface area contributed by atoms with Gasteiger partial charge in [0.2, 0.25) is 0 Å².